The summed E-state index contributed by atoms with van der Waals surface area (Å²) in [7, 11) is 2.12. The summed E-state index contributed by atoms with van der Waals surface area (Å²) < 4.78 is 0. The molecule has 1 fully saturated rings. The number of anilines is 1. The van der Waals surface area contributed by atoms with Crippen LogP contribution in [0.15, 0.2) is 29.2 Å². The SMILES string of the molecule is CCSc1ccccc1NC(=O)CC1CCCCN1C. The van der Waals surface area contributed by atoms with Crippen molar-refractivity contribution < 1.29 is 4.79 Å². The van der Waals surface area contributed by atoms with Crippen LogP contribution in [0.4, 0.5) is 5.69 Å². The number of nitrogens with one attached hydrogen (secondary N) is 1. The van der Waals surface area contributed by atoms with E-state index in [9.17, 15) is 4.79 Å². The third kappa shape index (κ3) is 4.25. The molecule has 1 aromatic carbocycles. The Morgan fingerprint density at radius 2 is 2.20 bits per heavy atom. The Kier molecular flexibility index (Phi) is 5.92. The van der Waals surface area contributed by atoms with Crippen LogP contribution in [0.3, 0.4) is 0 Å². The number of para-hydroxylation sites is 1. The fourth-order valence-electron chi connectivity index (χ4n) is 2.67. The number of nitrogens with zero attached hydrogens (tertiary/aromatic N) is 1. The second-order valence-electron chi connectivity index (χ2n) is 5.31. The van der Waals surface area contributed by atoms with Gasteiger partial charge in [0.1, 0.15) is 0 Å². The minimum atomic E-state index is 0.132. The summed E-state index contributed by atoms with van der Waals surface area (Å²) in [6, 6.07) is 8.44. The Bertz CT molecular complexity index is 450. The predicted molar refractivity (Wildman–Crippen MR) is 86.4 cm³/mol. The molecule has 0 saturated carbocycles. The van der Waals surface area contributed by atoms with Gasteiger partial charge in [-0.2, -0.15) is 0 Å². The molecular formula is C16H24N2OS. The van der Waals surface area contributed by atoms with Gasteiger partial charge in [0, 0.05) is 17.4 Å². The van der Waals surface area contributed by atoms with E-state index in [0.717, 1.165) is 29.3 Å². The highest BCUT2D eigenvalue weighted by molar-refractivity contribution is 7.99. The molecule has 1 unspecified atom stereocenters. The topological polar surface area (TPSA) is 32.3 Å². The van der Waals surface area contributed by atoms with E-state index in [2.05, 4.69) is 30.3 Å². The number of benzene rings is 1. The van der Waals surface area contributed by atoms with E-state index in [0.29, 0.717) is 12.5 Å². The number of likely N-dealkylation sites (tertiary alicyclic amines) is 1. The molecule has 1 heterocycles. The van der Waals surface area contributed by atoms with E-state index in [1.54, 1.807) is 11.8 Å². The lowest BCUT2D eigenvalue weighted by molar-refractivity contribution is -0.117. The van der Waals surface area contributed by atoms with Crippen molar-refractivity contribution in [1.82, 2.24) is 4.90 Å². The molecule has 1 atom stereocenters. The second kappa shape index (κ2) is 7.70. The van der Waals surface area contributed by atoms with Crippen molar-refractivity contribution in [1.29, 1.82) is 0 Å². The van der Waals surface area contributed by atoms with Crippen molar-refractivity contribution in [3.05, 3.63) is 24.3 Å². The van der Waals surface area contributed by atoms with Gasteiger partial charge >= 0.3 is 0 Å². The Balaban J connectivity index is 1.94. The van der Waals surface area contributed by atoms with E-state index in [4.69, 9.17) is 0 Å². The molecule has 0 radical (unpaired) electrons. The van der Waals surface area contributed by atoms with Crippen molar-refractivity contribution in [2.24, 2.45) is 0 Å². The maximum atomic E-state index is 12.2. The molecule has 1 amide bonds. The molecule has 1 aliphatic heterocycles. The number of hydrogen-bond donors (Lipinski definition) is 1. The van der Waals surface area contributed by atoms with Gasteiger partial charge in [0.15, 0.2) is 0 Å². The first-order chi connectivity index (χ1) is 9.70. The summed E-state index contributed by atoms with van der Waals surface area (Å²) in [5.74, 6) is 1.14. The van der Waals surface area contributed by atoms with E-state index < -0.39 is 0 Å². The molecule has 20 heavy (non-hydrogen) atoms. The van der Waals surface area contributed by atoms with Crippen LogP contribution < -0.4 is 5.32 Å². The van der Waals surface area contributed by atoms with Crippen LogP contribution in [0, 0.1) is 0 Å². The maximum absolute atomic E-state index is 12.2. The van der Waals surface area contributed by atoms with Crippen LogP contribution in [-0.4, -0.2) is 36.2 Å². The third-order valence-corrected chi connectivity index (χ3v) is 4.76. The molecule has 0 aliphatic carbocycles. The van der Waals surface area contributed by atoms with Gasteiger partial charge in [-0.1, -0.05) is 25.5 Å². The quantitative estimate of drug-likeness (QED) is 0.841. The lowest BCUT2D eigenvalue weighted by Gasteiger charge is -2.32. The number of rotatable bonds is 5. The van der Waals surface area contributed by atoms with E-state index in [1.807, 2.05) is 18.2 Å². The van der Waals surface area contributed by atoms with Crippen LogP contribution >= 0.6 is 11.8 Å². The van der Waals surface area contributed by atoms with Gasteiger partial charge < -0.3 is 10.2 Å². The number of amides is 1. The molecule has 1 saturated heterocycles. The normalized spacial score (nSPS) is 19.8. The lowest BCUT2D eigenvalue weighted by atomic mass is 10.00. The number of hydrogen-bond acceptors (Lipinski definition) is 3. The van der Waals surface area contributed by atoms with Crippen LogP contribution in [0.5, 0.6) is 0 Å². The minimum Gasteiger partial charge on any atom is -0.325 e. The highest BCUT2D eigenvalue weighted by Crippen LogP contribution is 2.27. The highest BCUT2D eigenvalue weighted by atomic mass is 32.2. The summed E-state index contributed by atoms with van der Waals surface area (Å²) in [4.78, 5) is 15.7. The largest absolute Gasteiger partial charge is 0.325 e. The standard InChI is InChI=1S/C16H24N2OS/c1-3-20-15-10-5-4-9-14(15)17-16(19)12-13-8-6-7-11-18(13)2/h4-5,9-10,13H,3,6-8,11-12H2,1-2H3,(H,17,19). The van der Waals surface area contributed by atoms with Crippen LogP contribution in [0.25, 0.3) is 0 Å². The summed E-state index contributed by atoms with van der Waals surface area (Å²) >= 11 is 1.77. The molecule has 2 rings (SSSR count). The molecular weight excluding hydrogens is 268 g/mol. The van der Waals surface area contributed by atoms with Gasteiger partial charge in [0.25, 0.3) is 0 Å². The first-order valence-electron chi connectivity index (χ1n) is 7.42. The zero-order valence-corrected chi connectivity index (χ0v) is 13.2. The van der Waals surface area contributed by atoms with Crippen molar-refractivity contribution in [2.75, 3.05) is 24.7 Å². The van der Waals surface area contributed by atoms with E-state index in [-0.39, 0.29) is 5.91 Å². The average molecular weight is 292 g/mol. The Labute approximate surface area is 126 Å². The number of thioether (sulfide) groups is 1. The molecule has 1 aromatic rings. The molecule has 0 spiro atoms. The fourth-order valence-corrected chi connectivity index (χ4v) is 3.43. The van der Waals surface area contributed by atoms with Crippen LogP contribution in [0.2, 0.25) is 0 Å². The van der Waals surface area contributed by atoms with E-state index in [1.165, 1.54) is 12.8 Å². The summed E-state index contributed by atoms with van der Waals surface area (Å²) in [5, 5.41) is 3.08. The van der Waals surface area contributed by atoms with Gasteiger partial charge in [-0.3, -0.25) is 4.79 Å². The van der Waals surface area contributed by atoms with Gasteiger partial charge in [-0.05, 0) is 44.3 Å². The van der Waals surface area contributed by atoms with Crippen molar-refractivity contribution in [3.8, 4) is 0 Å². The Morgan fingerprint density at radius 3 is 2.95 bits per heavy atom. The number of piperidine rings is 1. The van der Waals surface area contributed by atoms with Crippen LogP contribution in [0.1, 0.15) is 32.6 Å². The van der Waals surface area contributed by atoms with Gasteiger partial charge in [0.05, 0.1) is 5.69 Å². The van der Waals surface area contributed by atoms with Crippen LogP contribution in [-0.2, 0) is 4.79 Å². The Hall–Kier alpha value is -1.00. The summed E-state index contributed by atoms with van der Waals surface area (Å²) in [6.07, 6.45) is 4.23. The number of carbonyl (C=O) groups excluding carboxylic acids is 1. The zero-order valence-electron chi connectivity index (χ0n) is 12.4. The molecule has 1 N–H and O–H groups in total. The lowest BCUT2D eigenvalue weighted by Crippen LogP contribution is -2.38. The average Bonchev–Trinajstić information content (AvgIpc) is 2.44. The fraction of sp³-hybridized carbons (Fsp3) is 0.562. The predicted octanol–water partition coefficient (Wildman–Crippen LogP) is 3.61. The van der Waals surface area contributed by atoms with Gasteiger partial charge in [-0.15, -0.1) is 11.8 Å². The minimum absolute atomic E-state index is 0.132. The smallest absolute Gasteiger partial charge is 0.225 e. The maximum Gasteiger partial charge on any atom is 0.225 e. The molecule has 0 bridgehead atoms. The van der Waals surface area contributed by atoms with Crippen molar-refractivity contribution in [2.45, 2.75) is 43.5 Å². The first kappa shape index (κ1) is 15.4. The van der Waals surface area contributed by atoms with Crippen molar-refractivity contribution >= 4 is 23.4 Å². The number of carbonyl (C=O) groups is 1. The first-order valence-corrected chi connectivity index (χ1v) is 8.41. The Morgan fingerprint density at radius 1 is 1.40 bits per heavy atom. The summed E-state index contributed by atoms with van der Waals surface area (Å²) in [6.45, 7) is 3.24. The molecule has 3 nitrogen and oxygen atoms in total. The van der Waals surface area contributed by atoms with Gasteiger partial charge in [0.2, 0.25) is 5.91 Å². The molecule has 1 aliphatic rings. The van der Waals surface area contributed by atoms with Gasteiger partial charge in [-0.25, -0.2) is 0 Å². The van der Waals surface area contributed by atoms with Crippen molar-refractivity contribution in [3.63, 3.8) is 0 Å². The zero-order chi connectivity index (χ0) is 14.4. The van der Waals surface area contributed by atoms with E-state index >= 15 is 0 Å². The molecule has 4 heteroatoms. The highest BCUT2D eigenvalue weighted by Gasteiger charge is 2.21. The molecule has 110 valence electrons. The molecule has 0 aromatic heterocycles. The third-order valence-electron chi connectivity index (χ3n) is 3.80. The second-order valence-corrected chi connectivity index (χ2v) is 6.62. The summed E-state index contributed by atoms with van der Waals surface area (Å²) in [5.41, 5.74) is 0.947. The monoisotopic (exact) mass is 292 g/mol.